The van der Waals surface area contributed by atoms with Crippen LogP contribution in [-0.2, 0) is 22.6 Å². The fourth-order valence-electron chi connectivity index (χ4n) is 0.830. The van der Waals surface area contributed by atoms with Crippen LogP contribution >= 0.6 is 0 Å². The summed E-state index contributed by atoms with van der Waals surface area (Å²) in [6.07, 6.45) is 0.565. The molecular weight excluding hydrogens is 160 g/mol. The molecule has 0 atom stereocenters. The summed E-state index contributed by atoms with van der Waals surface area (Å²) in [6, 6.07) is 1.73. The van der Waals surface area contributed by atoms with E-state index in [1.165, 1.54) is 0 Å². The lowest BCUT2D eigenvalue weighted by Gasteiger charge is -1.92. The minimum atomic E-state index is -0.0540. The van der Waals surface area contributed by atoms with E-state index < -0.39 is 0 Å². The number of nitrogens with zero attached hydrogens (tertiary/aromatic N) is 1. The molecule has 0 amide bonds. The second-order valence-electron chi connectivity index (χ2n) is 2.26. The van der Waals surface area contributed by atoms with Crippen molar-refractivity contribution in [1.82, 2.24) is 10.2 Å². The maximum atomic E-state index is 9.77. The summed E-state index contributed by atoms with van der Waals surface area (Å²) in [4.78, 5) is 9.77. The smallest absolute Gasteiger partial charge is 0.293 e. The third kappa shape index (κ3) is 2.35. The number of nitrogens with one attached hydrogen (secondary N) is 1. The number of carbonyl (C=O) groups excluding carboxylic acids is 1. The predicted molar refractivity (Wildman–Crippen MR) is 40.2 cm³/mol. The molecule has 1 aromatic heterocycles. The zero-order valence-electron chi connectivity index (χ0n) is 6.49. The normalized spacial score (nSPS) is 9.75. The molecule has 1 heterocycles. The first kappa shape index (κ1) is 8.73. The maximum absolute atomic E-state index is 9.77. The minimum Gasteiger partial charge on any atom is -0.467 e. The molecule has 0 unspecified atom stereocenters. The molecule has 1 aromatic rings. The van der Waals surface area contributed by atoms with E-state index in [1.807, 2.05) is 0 Å². The molecule has 0 saturated carbocycles. The minimum absolute atomic E-state index is 0.0540. The Hall–Kier alpha value is -1.36. The summed E-state index contributed by atoms with van der Waals surface area (Å²) >= 11 is 0. The van der Waals surface area contributed by atoms with Gasteiger partial charge in [0, 0.05) is 6.42 Å². The van der Waals surface area contributed by atoms with Crippen LogP contribution in [0.15, 0.2) is 6.07 Å². The van der Waals surface area contributed by atoms with E-state index in [4.69, 9.17) is 5.11 Å². The summed E-state index contributed by atoms with van der Waals surface area (Å²) in [6.45, 7) is 0.667. The van der Waals surface area contributed by atoms with Crippen molar-refractivity contribution >= 4 is 6.47 Å². The Morgan fingerprint density at radius 1 is 1.75 bits per heavy atom. The average molecular weight is 170 g/mol. The van der Waals surface area contributed by atoms with Crippen LogP contribution in [0.4, 0.5) is 0 Å². The number of aromatic amines is 1. The summed E-state index contributed by atoms with van der Waals surface area (Å²) in [5, 5.41) is 15.2. The highest BCUT2D eigenvalue weighted by molar-refractivity contribution is 5.36. The molecule has 12 heavy (non-hydrogen) atoms. The second kappa shape index (κ2) is 4.50. The van der Waals surface area contributed by atoms with Gasteiger partial charge in [-0.2, -0.15) is 5.10 Å². The monoisotopic (exact) mass is 170 g/mol. The van der Waals surface area contributed by atoms with Gasteiger partial charge in [0.25, 0.3) is 6.47 Å². The van der Waals surface area contributed by atoms with Crippen molar-refractivity contribution in [3.05, 3.63) is 17.5 Å². The molecule has 5 nitrogen and oxygen atoms in total. The number of H-pyrrole nitrogens is 1. The van der Waals surface area contributed by atoms with Crippen LogP contribution in [0.3, 0.4) is 0 Å². The highest BCUT2D eigenvalue weighted by atomic mass is 16.5. The fraction of sp³-hybridized carbons (Fsp3) is 0.429. The number of aromatic nitrogens is 2. The van der Waals surface area contributed by atoms with Gasteiger partial charge in [0.15, 0.2) is 0 Å². The van der Waals surface area contributed by atoms with E-state index in [0.29, 0.717) is 25.2 Å². The molecule has 5 heteroatoms. The topological polar surface area (TPSA) is 75.2 Å². The summed E-state index contributed by atoms with van der Waals surface area (Å²) in [5.74, 6) is 0. The standard InChI is InChI=1S/C7H10N2O3/c10-4-7-3-6(8-9-7)1-2-12-5-11/h3,5,10H,1-2,4H2,(H,8,9). The number of aliphatic hydroxyl groups excluding tert-OH is 1. The zero-order valence-corrected chi connectivity index (χ0v) is 6.49. The van der Waals surface area contributed by atoms with Gasteiger partial charge >= 0.3 is 0 Å². The van der Waals surface area contributed by atoms with Crippen molar-refractivity contribution < 1.29 is 14.6 Å². The van der Waals surface area contributed by atoms with Crippen LogP contribution in [0.2, 0.25) is 0 Å². The lowest BCUT2D eigenvalue weighted by molar-refractivity contribution is -0.128. The molecule has 66 valence electrons. The lowest BCUT2D eigenvalue weighted by atomic mass is 10.3. The molecule has 0 bridgehead atoms. The Labute approximate surface area is 69.4 Å². The quantitative estimate of drug-likeness (QED) is 0.466. The number of aliphatic hydroxyl groups is 1. The van der Waals surface area contributed by atoms with Crippen LogP contribution in [0.1, 0.15) is 11.4 Å². The molecule has 1 rings (SSSR count). The first-order valence-corrected chi connectivity index (χ1v) is 3.56. The Balaban J connectivity index is 2.36. The van der Waals surface area contributed by atoms with Gasteiger partial charge in [-0.25, -0.2) is 0 Å². The van der Waals surface area contributed by atoms with Gasteiger partial charge in [0.05, 0.1) is 24.6 Å². The van der Waals surface area contributed by atoms with Crippen molar-refractivity contribution in [2.75, 3.05) is 6.61 Å². The van der Waals surface area contributed by atoms with Gasteiger partial charge in [-0.05, 0) is 6.07 Å². The van der Waals surface area contributed by atoms with E-state index in [1.54, 1.807) is 6.07 Å². The SMILES string of the molecule is O=COCCc1cc(CO)[nH]n1. The van der Waals surface area contributed by atoms with Crippen LogP contribution in [0.25, 0.3) is 0 Å². The zero-order chi connectivity index (χ0) is 8.81. The van der Waals surface area contributed by atoms with Crippen molar-refractivity contribution in [1.29, 1.82) is 0 Å². The number of hydrogen-bond acceptors (Lipinski definition) is 4. The molecular formula is C7H10N2O3. The van der Waals surface area contributed by atoms with E-state index in [0.717, 1.165) is 5.69 Å². The third-order valence-corrected chi connectivity index (χ3v) is 1.40. The van der Waals surface area contributed by atoms with Crippen LogP contribution in [0.5, 0.6) is 0 Å². The Kier molecular flexibility index (Phi) is 3.28. The Morgan fingerprint density at radius 2 is 2.58 bits per heavy atom. The van der Waals surface area contributed by atoms with Crippen molar-refractivity contribution in [3.63, 3.8) is 0 Å². The Morgan fingerprint density at radius 3 is 3.17 bits per heavy atom. The molecule has 0 aliphatic carbocycles. The largest absolute Gasteiger partial charge is 0.467 e. The Bertz CT molecular complexity index is 247. The molecule has 0 radical (unpaired) electrons. The first-order valence-electron chi connectivity index (χ1n) is 3.56. The van der Waals surface area contributed by atoms with Crippen LogP contribution in [0, 0.1) is 0 Å². The van der Waals surface area contributed by atoms with Gasteiger partial charge in [-0.15, -0.1) is 0 Å². The number of carbonyl (C=O) groups is 1. The predicted octanol–water partition coefficient (Wildman–Crippen LogP) is -0.383. The molecule has 2 N–H and O–H groups in total. The molecule has 0 aromatic carbocycles. The molecule has 0 aliphatic heterocycles. The van der Waals surface area contributed by atoms with E-state index in [9.17, 15) is 4.79 Å². The second-order valence-corrected chi connectivity index (χ2v) is 2.26. The van der Waals surface area contributed by atoms with Crippen molar-refractivity contribution in [2.24, 2.45) is 0 Å². The average Bonchev–Trinajstić information content (AvgIpc) is 2.53. The van der Waals surface area contributed by atoms with Gasteiger partial charge in [-0.3, -0.25) is 9.89 Å². The summed E-state index contributed by atoms with van der Waals surface area (Å²) < 4.78 is 4.48. The fourth-order valence-corrected chi connectivity index (χ4v) is 0.830. The molecule has 0 saturated heterocycles. The van der Waals surface area contributed by atoms with Crippen molar-refractivity contribution in [2.45, 2.75) is 13.0 Å². The van der Waals surface area contributed by atoms with Gasteiger partial charge < -0.3 is 9.84 Å². The highest BCUT2D eigenvalue weighted by Gasteiger charge is 1.99. The molecule has 0 aliphatic rings. The lowest BCUT2D eigenvalue weighted by Crippen LogP contribution is -1.96. The third-order valence-electron chi connectivity index (χ3n) is 1.40. The first-order chi connectivity index (χ1) is 5.86. The number of rotatable bonds is 5. The number of ether oxygens (including phenoxy) is 1. The van der Waals surface area contributed by atoms with E-state index in [2.05, 4.69) is 14.9 Å². The summed E-state index contributed by atoms with van der Waals surface area (Å²) in [7, 11) is 0. The molecule has 0 spiro atoms. The van der Waals surface area contributed by atoms with Gasteiger partial charge in [0.1, 0.15) is 0 Å². The van der Waals surface area contributed by atoms with E-state index >= 15 is 0 Å². The van der Waals surface area contributed by atoms with Crippen LogP contribution in [-0.4, -0.2) is 28.4 Å². The van der Waals surface area contributed by atoms with Crippen molar-refractivity contribution in [3.8, 4) is 0 Å². The summed E-state index contributed by atoms with van der Waals surface area (Å²) in [5.41, 5.74) is 1.44. The van der Waals surface area contributed by atoms with E-state index in [-0.39, 0.29) is 6.61 Å². The van der Waals surface area contributed by atoms with Gasteiger partial charge in [-0.1, -0.05) is 0 Å². The molecule has 0 fully saturated rings. The van der Waals surface area contributed by atoms with Crippen LogP contribution < -0.4 is 0 Å². The van der Waals surface area contributed by atoms with Gasteiger partial charge in [0.2, 0.25) is 0 Å². The maximum Gasteiger partial charge on any atom is 0.293 e. The highest BCUT2D eigenvalue weighted by Crippen LogP contribution is 1.99. The number of hydrogen-bond donors (Lipinski definition) is 2.